The van der Waals surface area contributed by atoms with Crippen LogP contribution in [0, 0.1) is 0 Å². The van der Waals surface area contributed by atoms with Gasteiger partial charge in [0.15, 0.2) is 12.2 Å². The van der Waals surface area contributed by atoms with Crippen LogP contribution in [0.2, 0.25) is 0 Å². The molecule has 5 unspecified atom stereocenters. The fraction of sp³-hybridized carbons (Fsp3) is 0.704. The van der Waals surface area contributed by atoms with Crippen LogP contribution < -0.4 is 0 Å². The minimum atomic E-state index is -4.98. The zero-order chi connectivity index (χ0) is 73.2. The largest absolute Gasteiger partial charge is 0.472 e. The van der Waals surface area contributed by atoms with E-state index in [0.717, 1.165) is 199 Å². The molecule has 0 aliphatic heterocycles. The summed E-state index contributed by atoms with van der Waals surface area (Å²) in [5.74, 6) is -2.23. The van der Waals surface area contributed by atoms with Gasteiger partial charge < -0.3 is 33.8 Å². The molecule has 0 fully saturated rings. The molecule has 0 aliphatic rings. The third-order valence-electron chi connectivity index (χ3n) is 15.9. The van der Waals surface area contributed by atoms with E-state index in [1.807, 2.05) is 0 Å². The fourth-order valence-corrected chi connectivity index (χ4v) is 11.6. The van der Waals surface area contributed by atoms with E-state index in [4.69, 9.17) is 37.0 Å². The Hall–Kier alpha value is -4.54. The number of ether oxygens (including phenoxy) is 4. The van der Waals surface area contributed by atoms with Gasteiger partial charge in [0.2, 0.25) is 0 Å². The van der Waals surface area contributed by atoms with E-state index in [1.54, 1.807) is 0 Å². The van der Waals surface area contributed by atoms with E-state index >= 15 is 0 Å². The molecule has 100 heavy (non-hydrogen) atoms. The lowest BCUT2D eigenvalue weighted by molar-refractivity contribution is -0.161. The number of phosphoric ester groups is 2. The topological polar surface area (TPSA) is 237 Å². The molecule has 0 aromatic heterocycles. The first-order chi connectivity index (χ1) is 48.7. The highest BCUT2D eigenvalue weighted by Gasteiger charge is 2.30. The first-order valence-corrected chi connectivity index (χ1v) is 41.8. The van der Waals surface area contributed by atoms with Crippen molar-refractivity contribution >= 4 is 39.5 Å². The number of rotatable bonds is 72. The first-order valence-electron chi connectivity index (χ1n) is 38.8. The number of hydrogen-bond donors (Lipinski definition) is 3. The normalized spacial score (nSPS) is 14.6. The number of unbranched alkanes of at least 4 members (excludes halogenated alkanes) is 26. The summed E-state index contributed by atoms with van der Waals surface area (Å²) in [6.45, 7) is 4.53. The molecule has 0 spiro atoms. The van der Waals surface area contributed by atoms with Gasteiger partial charge in [0, 0.05) is 25.7 Å². The summed E-state index contributed by atoms with van der Waals surface area (Å²) >= 11 is 0. The second-order valence-electron chi connectivity index (χ2n) is 25.5. The van der Waals surface area contributed by atoms with Crippen LogP contribution in [0.1, 0.15) is 310 Å². The summed E-state index contributed by atoms with van der Waals surface area (Å²) in [5.41, 5.74) is 0. The summed E-state index contributed by atoms with van der Waals surface area (Å²) in [5, 5.41) is 10.6. The van der Waals surface area contributed by atoms with Crippen molar-refractivity contribution in [2.75, 3.05) is 39.6 Å². The van der Waals surface area contributed by atoms with Gasteiger partial charge in [0.25, 0.3) is 0 Å². The average Bonchev–Trinajstić information content (AvgIpc) is 0.953. The van der Waals surface area contributed by atoms with Crippen molar-refractivity contribution in [3.05, 3.63) is 122 Å². The zero-order valence-corrected chi connectivity index (χ0v) is 64.4. The highest BCUT2D eigenvalue weighted by atomic mass is 31.2. The predicted octanol–water partition coefficient (Wildman–Crippen LogP) is 22.3. The second kappa shape index (κ2) is 72.8. The third kappa shape index (κ3) is 71.8. The van der Waals surface area contributed by atoms with Crippen LogP contribution in [-0.2, 0) is 65.4 Å². The van der Waals surface area contributed by atoms with Gasteiger partial charge in [-0.05, 0) is 148 Å². The van der Waals surface area contributed by atoms with Crippen LogP contribution in [0.15, 0.2) is 122 Å². The monoisotopic (exact) mass is 1440 g/mol. The number of aliphatic hydroxyl groups excluding tert-OH is 1. The molecule has 0 amide bonds. The van der Waals surface area contributed by atoms with Gasteiger partial charge >= 0.3 is 39.5 Å². The minimum Gasteiger partial charge on any atom is -0.462 e. The third-order valence-corrected chi connectivity index (χ3v) is 17.8. The number of phosphoric acid groups is 2. The quantitative estimate of drug-likeness (QED) is 0.0169. The molecule has 0 aromatic carbocycles. The van der Waals surface area contributed by atoms with E-state index in [2.05, 4.69) is 149 Å². The first kappa shape index (κ1) is 95.5. The van der Waals surface area contributed by atoms with Crippen LogP contribution in [0.25, 0.3) is 0 Å². The number of allylic oxidation sites excluding steroid dienone is 20. The molecule has 0 rings (SSSR count). The Morgan fingerprint density at radius 2 is 0.530 bits per heavy atom. The maximum atomic E-state index is 13.1. The average molecular weight is 1450 g/mol. The fourth-order valence-electron chi connectivity index (χ4n) is 10.0. The zero-order valence-electron chi connectivity index (χ0n) is 62.6. The Balaban J connectivity index is 5.35. The molecule has 19 heteroatoms. The van der Waals surface area contributed by atoms with Crippen molar-refractivity contribution in [3.8, 4) is 0 Å². The highest BCUT2D eigenvalue weighted by molar-refractivity contribution is 7.47. The summed E-state index contributed by atoms with van der Waals surface area (Å²) in [4.78, 5) is 72.9. The molecule has 0 radical (unpaired) electrons. The number of esters is 4. The molecule has 5 atom stereocenters. The summed E-state index contributed by atoms with van der Waals surface area (Å²) in [6, 6.07) is 0. The second-order valence-corrected chi connectivity index (χ2v) is 28.4. The Kier molecular flexibility index (Phi) is 69.5. The van der Waals surface area contributed by atoms with Crippen molar-refractivity contribution in [1.82, 2.24) is 0 Å². The van der Waals surface area contributed by atoms with Gasteiger partial charge in [-0.2, -0.15) is 0 Å². The predicted molar refractivity (Wildman–Crippen MR) is 408 cm³/mol. The lowest BCUT2D eigenvalue weighted by Gasteiger charge is -2.21. The van der Waals surface area contributed by atoms with Crippen LogP contribution in [0.3, 0.4) is 0 Å². The number of carbonyl (C=O) groups is 4. The molecule has 0 aromatic rings. The summed E-state index contributed by atoms with van der Waals surface area (Å²) in [7, 11) is -9.97. The van der Waals surface area contributed by atoms with Crippen LogP contribution in [0.5, 0.6) is 0 Å². The van der Waals surface area contributed by atoms with Crippen molar-refractivity contribution in [2.45, 2.75) is 329 Å². The highest BCUT2D eigenvalue weighted by Crippen LogP contribution is 2.45. The smallest absolute Gasteiger partial charge is 0.462 e. The number of aliphatic hydroxyl groups is 1. The van der Waals surface area contributed by atoms with Crippen LogP contribution in [0.4, 0.5) is 0 Å². The molecule has 0 aliphatic carbocycles. The van der Waals surface area contributed by atoms with E-state index in [1.165, 1.54) is 32.1 Å². The van der Waals surface area contributed by atoms with Gasteiger partial charge in [0.1, 0.15) is 19.3 Å². The van der Waals surface area contributed by atoms with E-state index in [9.17, 15) is 43.2 Å². The van der Waals surface area contributed by atoms with Gasteiger partial charge in [0.05, 0.1) is 26.4 Å². The molecular weight excluding hydrogens is 1310 g/mol. The molecule has 574 valence electrons. The SMILES string of the molecule is CC/C=C\C/C=C\C/C=C\C/C=C\CCCCCCCCC(=O)OCC(COP(=O)(O)OCC(O)COP(=O)(O)OCC(COC(=O)CCCCCCC/C=C\C/C=C\C/C=C\CC)OC(=O)CCCCCCC/C=C\C/C=C\CCCCC)OC(=O)CCCCCCC/C=C\CCCC. The van der Waals surface area contributed by atoms with E-state index in [0.29, 0.717) is 25.7 Å². The van der Waals surface area contributed by atoms with Gasteiger partial charge in [-0.15, -0.1) is 0 Å². The van der Waals surface area contributed by atoms with Gasteiger partial charge in [-0.1, -0.05) is 258 Å². The molecule has 17 nitrogen and oxygen atoms in total. The van der Waals surface area contributed by atoms with Crippen molar-refractivity contribution in [2.24, 2.45) is 0 Å². The van der Waals surface area contributed by atoms with Gasteiger partial charge in [-0.3, -0.25) is 37.3 Å². The lowest BCUT2D eigenvalue weighted by atomic mass is 10.1. The Bertz CT molecular complexity index is 2370. The molecule has 3 N–H and O–H groups in total. The van der Waals surface area contributed by atoms with Crippen LogP contribution in [-0.4, -0.2) is 96.7 Å². The lowest BCUT2D eigenvalue weighted by Crippen LogP contribution is -2.30. The standard InChI is InChI=1S/C81H138O17P2/c1-5-9-13-17-21-25-29-32-35-36-37-38-41-43-47-50-54-58-62-66-79(84)91-71-76(97-80(85)67-63-59-55-51-45-28-24-20-16-12-8-4)73-95-99(87,88)93-69-75(82)70-94-100(89,90)96-74-77(98-81(86)68-64-60-56-52-48-44-40-34-31-27-23-19-15-11-7-3)72-92-78(83)65-61-57-53-49-46-42-39-33-30-26-22-18-14-10-6-2/h9-10,13-14,20-27,32-35,37-40,75-77,82H,5-8,11-12,15-19,28-31,36,41-74H2,1-4H3,(H,87,88)(H,89,90)/b13-9-,14-10-,24-20-,25-21-,26-22-,27-23-,35-32-,38-37-,39-33-,40-34-. The number of carbonyl (C=O) groups excluding carboxylic acids is 4. The summed E-state index contributed by atoms with van der Waals surface area (Å²) < 4.78 is 68.5. The Labute approximate surface area is 606 Å². The minimum absolute atomic E-state index is 0.0732. The Morgan fingerprint density at radius 1 is 0.290 bits per heavy atom. The maximum Gasteiger partial charge on any atom is 0.472 e. The molecule has 0 saturated heterocycles. The van der Waals surface area contributed by atoms with Crippen molar-refractivity contribution < 1.29 is 80.2 Å². The molecule has 0 heterocycles. The van der Waals surface area contributed by atoms with Crippen LogP contribution >= 0.6 is 15.6 Å². The van der Waals surface area contributed by atoms with Gasteiger partial charge in [-0.25, -0.2) is 9.13 Å². The number of hydrogen-bond acceptors (Lipinski definition) is 15. The Morgan fingerprint density at radius 3 is 0.840 bits per heavy atom. The van der Waals surface area contributed by atoms with E-state index < -0.39 is 97.5 Å². The van der Waals surface area contributed by atoms with Crippen molar-refractivity contribution in [3.63, 3.8) is 0 Å². The van der Waals surface area contributed by atoms with E-state index in [-0.39, 0.29) is 25.7 Å². The maximum absolute atomic E-state index is 13.1. The molecular formula is C81H138O17P2. The summed E-state index contributed by atoms with van der Waals surface area (Å²) in [6.07, 6.45) is 79.0. The molecule has 0 bridgehead atoms. The van der Waals surface area contributed by atoms with Crippen molar-refractivity contribution in [1.29, 1.82) is 0 Å². The molecule has 0 saturated carbocycles.